The second kappa shape index (κ2) is 7.80. The quantitative estimate of drug-likeness (QED) is 0.610. The number of anilines is 1. The van der Waals surface area contributed by atoms with Crippen LogP contribution in [0.15, 0.2) is 66.7 Å². The maximum Gasteiger partial charge on any atom is 0.231 e. The molecule has 0 saturated heterocycles. The van der Waals surface area contributed by atoms with Crippen molar-refractivity contribution in [1.29, 1.82) is 0 Å². The van der Waals surface area contributed by atoms with Crippen molar-refractivity contribution in [3.63, 3.8) is 0 Å². The molecule has 0 aliphatic carbocycles. The minimum Gasteiger partial charge on any atom is -0.497 e. The number of hydrogen-bond donors (Lipinski definition) is 2. The number of hydrazine groups is 1. The van der Waals surface area contributed by atoms with Crippen molar-refractivity contribution in [2.75, 3.05) is 19.3 Å². The van der Waals surface area contributed by atoms with Gasteiger partial charge in [0.2, 0.25) is 6.79 Å². The lowest BCUT2D eigenvalue weighted by Gasteiger charge is -2.38. The largest absolute Gasteiger partial charge is 0.497 e. The highest BCUT2D eigenvalue weighted by Crippen LogP contribution is 2.48. The Kier molecular flexibility index (Phi) is 4.85. The van der Waals surface area contributed by atoms with Crippen molar-refractivity contribution in [3.8, 4) is 23.0 Å². The predicted octanol–water partition coefficient (Wildman–Crippen LogP) is 4.53. The molecule has 6 nitrogen and oxygen atoms in total. The summed E-state index contributed by atoms with van der Waals surface area (Å²) in [7, 11) is 1.68. The SMILES string of the molecule is COc1ccc([C@H]2c3cc4c(cc3O[C@H](NNc3ccccc3)[C@H]2C)OCO4)cc1. The Morgan fingerprint density at radius 1 is 0.900 bits per heavy atom. The molecule has 2 aliphatic rings. The van der Waals surface area contributed by atoms with Crippen LogP contribution in [0.3, 0.4) is 0 Å². The third-order valence-electron chi connectivity index (χ3n) is 5.70. The average molecular weight is 404 g/mol. The van der Waals surface area contributed by atoms with Crippen molar-refractivity contribution in [1.82, 2.24) is 5.43 Å². The van der Waals surface area contributed by atoms with E-state index in [4.69, 9.17) is 18.9 Å². The van der Waals surface area contributed by atoms with Gasteiger partial charge in [-0.15, -0.1) is 0 Å². The maximum absolute atomic E-state index is 6.35. The molecular formula is C24H24N2O4. The van der Waals surface area contributed by atoms with E-state index in [0.717, 1.165) is 28.5 Å². The van der Waals surface area contributed by atoms with E-state index < -0.39 is 0 Å². The molecule has 3 aromatic carbocycles. The van der Waals surface area contributed by atoms with Crippen molar-refractivity contribution in [2.24, 2.45) is 5.92 Å². The number of fused-ring (bicyclic) bond motifs is 2. The molecule has 154 valence electrons. The topological polar surface area (TPSA) is 61.0 Å². The number of benzene rings is 3. The molecule has 6 heteroatoms. The summed E-state index contributed by atoms with van der Waals surface area (Å²) in [5, 5.41) is 0. The third-order valence-corrected chi connectivity index (χ3v) is 5.70. The van der Waals surface area contributed by atoms with E-state index in [2.05, 4.69) is 29.9 Å². The number of ether oxygens (including phenoxy) is 4. The highest BCUT2D eigenvalue weighted by Gasteiger charge is 2.38. The Balaban J connectivity index is 1.50. The molecule has 2 heterocycles. The van der Waals surface area contributed by atoms with Crippen molar-refractivity contribution in [3.05, 3.63) is 77.9 Å². The highest BCUT2D eigenvalue weighted by atomic mass is 16.7. The lowest BCUT2D eigenvalue weighted by molar-refractivity contribution is 0.0863. The van der Waals surface area contributed by atoms with Crippen LogP contribution < -0.4 is 29.8 Å². The van der Waals surface area contributed by atoms with E-state index in [9.17, 15) is 0 Å². The molecule has 30 heavy (non-hydrogen) atoms. The molecule has 5 rings (SSSR count). The summed E-state index contributed by atoms with van der Waals surface area (Å²) < 4.78 is 22.9. The summed E-state index contributed by atoms with van der Waals surface area (Å²) >= 11 is 0. The second-order valence-corrected chi connectivity index (χ2v) is 7.53. The van der Waals surface area contributed by atoms with Crippen LogP contribution in [0.4, 0.5) is 5.69 Å². The van der Waals surface area contributed by atoms with E-state index in [1.165, 1.54) is 5.56 Å². The minimum absolute atomic E-state index is 0.115. The molecule has 0 saturated carbocycles. The molecule has 0 spiro atoms. The smallest absolute Gasteiger partial charge is 0.231 e. The van der Waals surface area contributed by atoms with E-state index in [0.29, 0.717) is 5.75 Å². The van der Waals surface area contributed by atoms with Gasteiger partial charge < -0.3 is 24.4 Å². The first-order valence-corrected chi connectivity index (χ1v) is 10.0. The zero-order valence-corrected chi connectivity index (χ0v) is 16.9. The molecule has 3 atom stereocenters. The monoisotopic (exact) mass is 404 g/mol. The summed E-state index contributed by atoms with van der Waals surface area (Å²) in [6.07, 6.45) is -0.245. The highest BCUT2D eigenvalue weighted by molar-refractivity contribution is 5.56. The van der Waals surface area contributed by atoms with Gasteiger partial charge in [0, 0.05) is 29.2 Å². The van der Waals surface area contributed by atoms with E-state index >= 15 is 0 Å². The van der Waals surface area contributed by atoms with Gasteiger partial charge >= 0.3 is 0 Å². The molecule has 0 fully saturated rings. The van der Waals surface area contributed by atoms with Gasteiger partial charge in [0.25, 0.3) is 0 Å². The molecule has 2 aliphatic heterocycles. The van der Waals surface area contributed by atoms with Crippen LogP contribution in [0, 0.1) is 5.92 Å². The van der Waals surface area contributed by atoms with Gasteiger partial charge in [-0.2, -0.15) is 5.43 Å². The summed E-state index contributed by atoms with van der Waals surface area (Å²) in [6.45, 7) is 2.42. The Morgan fingerprint density at radius 2 is 1.63 bits per heavy atom. The number of para-hydroxylation sites is 1. The molecular weight excluding hydrogens is 380 g/mol. The average Bonchev–Trinajstić information content (AvgIpc) is 3.25. The fourth-order valence-corrected chi connectivity index (χ4v) is 4.12. The first-order chi connectivity index (χ1) is 14.7. The van der Waals surface area contributed by atoms with Crippen LogP contribution in [0.25, 0.3) is 0 Å². The Bertz CT molecular complexity index is 1020. The zero-order valence-electron chi connectivity index (χ0n) is 16.9. The van der Waals surface area contributed by atoms with Crippen molar-refractivity contribution < 1.29 is 18.9 Å². The van der Waals surface area contributed by atoms with Gasteiger partial charge in [-0.25, -0.2) is 0 Å². The van der Waals surface area contributed by atoms with Crippen LogP contribution in [0.5, 0.6) is 23.0 Å². The Morgan fingerprint density at radius 3 is 2.37 bits per heavy atom. The van der Waals surface area contributed by atoms with Crippen LogP contribution in [-0.2, 0) is 0 Å². The molecule has 3 aromatic rings. The van der Waals surface area contributed by atoms with Gasteiger partial charge in [0.1, 0.15) is 11.5 Å². The van der Waals surface area contributed by atoms with Crippen LogP contribution >= 0.6 is 0 Å². The Labute approximate surface area is 175 Å². The number of methoxy groups -OCH3 is 1. The van der Waals surface area contributed by atoms with Gasteiger partial charge in [0.15, 0.2) is 17.7 Å². The van der Waals surface area contributed by atoms with Gasteiger partial charge in [-0.1, -0.05) is 37.3 Å². The van der Waals surface area contributed by atoms with E-state index in [1.807, 2.05) is 54.6 Å². The standard InChI is InChI=1S/C24H24N2O4/c1-15-23(16-8-10-18(27-2)11-9-16)19-12-21-22(29-14-28-21)13-20(19)30-24(15)26-25-17-6-4-3-5-7-17/h3-13,15,23-26H,14H2,1-2H3/t15-,23-,24-/m0/s1. The van der Waals surface area contributed by atoms with E-state index in [-0.39, 0.29) is 24.9 Å². The predicted molar refractivity (Wildman–Crippen MR) is 114 cm³/mol. The molecule has 2 N–H and O–H groups in total. The molecule has 0 aromatic heterocycles. The van der Waals surface area contributed by atoms with E-state index in [1.54, 1.807) is 7.11 Å². The van der Waals surface area contributed by atoms with Crippen LogP contribution in [-0.4, -0.2) is 20.1 Å². The fraction of sp³-hybridized carbons (Fsp3) is 0.250. The first-order valence-electron chi connectivity index (χ1n) is 10.0. The van der Waals surface area contributed by atoms with Crippen molar-refractivity contribution >= 4 is 5.69 Å². The van der Waals surface area contributed by atoms with Crippen molar-refractivity contribution in [2.45, 2.75) is 19.1 Å². The lowest BCUT2D eigenvalue weighted by Crippen LogP contribution is -2.47. The normalized spacial score (nSPS) is 21.5. The number of rotatable bonds is 5. The third kappa shape index (κ3) is 3.39. The summed E-state index contributed by atoms with van der Waals surface area (Å²) in [4.78, 5) is 0. The fourth-order valence-electron chi connectivity index (χ4n) is 4.12. The first kappa shape index (κ1) is 18.6. The van der Waals surface area contributed by atoms with Gasteiger partial charge in [-0.05, 0) is 35.9 Å². The zero-order chi connectivity index (χ0) is 20.5. The minimum atomic E-state index is -0.245. The molecule has 0 radical (unpaired) electrons. The summed E-state index contributed by atoms with van der Waals surface area (Å²) in [6, 6.07) is 22.2. The van der Waals surface area contributed by atoms with Gasteiger partial charge in [0.05, 0.1) is 7.11 Å². The second-order valence-electron chi connectivity index (χ2n) is 7.53. The maximum atomic E-state index is 6.35. The Hall–Kier alpha value is -3.38. The number of nitrogens with one attached hydrogen (secondary N) is 2. The van der Waals surface area contributed by atoms with Crippen LogP contribution in [0.2, 0.25) is 0 Å². The van der Waals surface area contributed by atoms with Crippen LogP contribution in [0.1, 0.15) is 24.0 Å². The molecule has 0 bridgehead atoms. The van der Waals surface area contributed by atoms with Gasteiger partial charge in [-0.3, -0.25) is 0 Å². The molecule has 0 amide bonds. The molecule has 0 unspecified atom stereocenters. The lowest BCUT2D eigenvalue weighted by atomic mass is 9.78. The summed E-state index contributed by atoms with van der Waals surface area (Å²) in [5.41, 5.74) is 9.88. The number of hydrogen-bond acceptors (Lipinski definition) is 6. The summed E-state index contributed by atoms with van der Waals surface area (Å²) in [5.74, 6) is 3.37.